The molecule has 1 unspecified atom stereocenters. The number of sulfonamides is 2. The summed E-state index contributed by atoms with van der Waals surface area (Å²) in [4.78, 5) is 14.9. The van der Waals surface area contributed by atoms with E-state index >= 15 is 0 Å². The summed E-state index contributed by atoms with van der Waals surface area (Å²) in [6, 6.07) is 20.5. The van der Waals surface area contributed by atoms with E-state index in [-0.39, 0.29) is 65.3 Å². The number of quaternary nitrogens is 1. The lowest BCUT2D eigenvalue weighted by molar-refractivity contribution is -0.885. The van der Waals surface area contributed by atoms with Gasteiger partial charge in [0.05, 0.1) is 15.4 Å². The van der Waals surface area contributed by atoms with Gasteiger partial charge >= 0.3 is 6.09 Å². The predicted molar refractivity (Wildman–Crippen MR) is 210 cm³/mol. The quantitative estimate of drug-likeness (QED) is 0.119. The van der Waals surface area contributed by atoms with E-state index in [1.54, 1.807) is 56.7 Å². The van der Waals surface area contributed by atoms with Crippen LogP contribution < -0.4 is 0 Å². The number of furan rings is 1. The van der Waals surface area contributed by atoms with Crippen LogP contribution in [0.4, 0.5) is 9.18 Å². The number of ether oxygens (including phenoxy) is 3. The minimum absolute atomic E-state index is 0.0163. The summed E-state index contributed by atoms with van der Waals surface area (Å²) in [7, 11) is -4.91. The summed E-state index contributed by atoms with van der Waals surface area (Å²) in [6.45, 7) is 0.482. The van der Waals surface area contributed by atoms with E-state index in [1.165, 1.54) is 20.7 Å². The van der Waals surface area contributed by atoms with Crippen molar-refractivity contribution >= 4 is 58.9 Å². The number of carbonyl (C=O) groups excluding carboxylic acids is 1. The molecule has 1 amide bonds. The van der Waals surface area contributed by atoms with Crippen LogP contribution in [0, 0.1) is 5.82 Å². The summed E-state index contributed by atoms with van der Waals surface area (Å²) in [6.07, 6.45) is 4.90. The zero-order valence-electron chi connectivity index (χ0n) is 31.6. The maximum absolute atomic E-state index is 14.7. The van der Waals surface area contributed by atoms with E-state index in [0.29, 0.717) is 46.9 Å². The highest BCUT2D eigenvalue weighted by atomic mass is 32.2. The first-order valence-corrected chi connectivity index (χ1v) is 22.0. The zero-order valence-corrected chi connectivity index (χ0v) is 33.2. The van der Waals surface area contributed by atoms with Gasteiger partial charge in [0.25, 0.3) is 0 Å². The van der Waals surface area contributed by atoms with Crippen LogP contribution in [0.5, 0.6) is 0 Å². The van der Waals surface area contributed by atoms with Crippen LogP contribution in [0.25, 0.3) is 32.7 Å². The van der Waals surface area contributed by atoms with Crippen LogP contribution in [-0.2, 0) is 34.3 Å². The SMILES string of the molecule is COC1(OC)CC=CC2=C1[N+](C1CCN(S(=O)(=O)c3ccc4oc5ccccc5c4c3)CC1)(C1CCN(S(=O)(=O)c3ccc(F)c4ccccc34)CC1)C(=O)OC2. The van der Waals surface area contributed by atoms with Gasteiger partial charge in [-0.25, -0.2) is 21.2 Å². The Kier molecular flexibility index (Phi) is 9.42. The second-order valence-corrected chi connectivity index (χ2v) is 18.9. The normalized spacial score (nSPS) is 23.0. The van der Waals surface area contributed by atoms with Gasteiger partial charge in [-0.2, -0.15) is 17.9 Å². The third-order valence-corrected chi connectivity index (χ3v) is 16.3. The smallest absolute Gasteiger partial charge is 0.456 e. The van der Waals surface area contributed by atoms with Gasteiger partial charge in [-0.15, -0.1) is 0 Å². The van der Waals surface area contributed by atoms with Crippen LogP contribution >= 0.6 is 0 Å². The van der Waals surface area contributed by atoms with Crippen molar-refractivity contribution in [1.29, 1.82) is 0 Å². The molecule has 1 aromatic heterocycles. The molecule has 0 spiro atoms. The molecule has 9 rings (SSSR count). The molecular weight excluding hydrogens is 774 g/mol. The molecule has 0 bridgehead atoms. The highest BCUT2D eigenvalue weighted by Gasteiger charge is 2.65. The average molecular weight is 817 g/mol. The Balaban J connectivity index is 1.05. The second kappa shape index (κ2) is 14.1. The molecule has 3 aliphatic heterocycles. The number of hydrogen-bond donors (Lipinski definition) is 0. The molecule has 4 heterocycles. The minimum Gasteiger partial charge on any atom is -0.456 e. The maximum Gasteiger partial charge on any atom is 0.521 e. The van der Waals surface area contributed by atoms with Crippen LogP contribution in [-0.4, -0.2) is 101 Å². The number of fused-ring (bicyclic) bond motifs is 4. The molecule has 1 aliphatic carbocycles. The van der Waals surface area contributed by atoms with Crippen molar-refractivity contribution in [2.45, 2.75) is 59.8 Å². The highest BCUT2D eigenvalue weighted by molar-refractivity contribution is 7.89. The molecule has 4 aromatic carbocycles. The summed E-state index contributed by atoms with van der Waals surface area (Å²) in [5.41, 5.74) is 2.63. The number of rotatable bonds is 8. The van der Waals surface area contributed by atoms with Crippen molar-refractivity contribution < 1.29 is 49.1 Å². The first-order valence-electron chi connectivity index (χ1n) is 19.1. The molecule has 2 fully saturated rings. The number of cyclic esters (lactones) is 1. The fourth-order valence-corrected chi connectivity index (χ4v) is 12.9. The van der Waals surface area contributed by atoms with Crippen molar-refractivity contribution in [3.05, 3.63) is 108 Å². The van der Waals surface area contributed by atoms with Crippen LogP contribution in [0.2, 0.25) is 0 Å². The van der Waals surface area contributed by atoms with E-state index in [0.717, 1.165) is 11.0 Å². The van der Waals surface area contributed by atoms with Crippen molar-refractivity contribution in [2.24, 2.45) is 0 Å². The Labute approximate surface area is 330 Å². The molecule has 12 nitrogen and oxygen atoms in total. The molecule has 0 N–H and O–H groups in total. The fourth-order valence-electron chi connectivity index (χ4n) is 9.75. The second-order valence-electron chi connectivity index (χ2n) is 15.1. The Hall–Kier alpha value is -4.48. The van der Waals surface area contributed by atoms with Gasteiger partial charge in [-0.05, 0) is 36.4 Å². The van der Waals surface area contributed by atoms with E-state index in [2.05, 4.69) is 0 Å². The van der Waals surface area contributed by atoms with E-state index < -0.39 is 49.8 Å². The third-order valence-electron chi connectivity index (χ3n) is 12.5. The molecule has 0 radical (unpaired) electrons. The van der Waals surface area contributed by atoms with Gasteiger partial charge in [0.1, 0.15) is 35.7 Å². The van der Waals surface area contributed by atoms with Gasteiger partial charge in [-0.3, -0.25) is 0 Å². The number of para-hydroxylation sites is 1. The summed E-state index contributed by atoms with van der Waals surface area (Å²) in [5.74, 6) is -1.82. The number of nitrogens with zero attached hydrogens (tertiary/aromatic N) is 3. The number of piperidine rings is 2. The van der Waals surface area contributed by atoms with Crippen molar-refractivity contribution in [3.8, 4) is 0 Å². The van der Waals surface area contributed by atoms with E-state index in [1.807, 2.05) is 36.4 Å². The predicted octanol–water partition coefficient (Wildman–Crippen LogP) is 7.05. The van der Waals surface area contributed by atoms with Gasteiger partial charge in [0, 0.05) is 94.0 Å². The minimum atomic E-state index is -4.05. The number of carbonyl (C=O) groups is 1. The van der Waals surface area contributed by atoms with E-state index in [9.17, 15) is 26.0 Å². The standard InChI is InChI=1S/C42H43FN3O9S2/c1-52-42(53-2)21-7-8-28-27-54-41(47)46(40(28)42,30-19-24-45(25-20-30)57(50,51)39-16-14-36(43)32-9-3-4-11-34(32)39)29-17-22-44(23-18-29)56(48,49)31-13-15-38-35(26-31)33-10-5-6-12-37(33)55-38/h3-16,26,29-30H,17-25,27H2,1-2H3/q+1. The van der Waals surface area contributed by atoms with Crippen molar-refractivity contribution in [3.63, 3.8) is 0 Å². The summed E-state index contributed by atoms with van der Waals surface area (Å²) in [5, 5.41) is 2.06. The molecule has 57 heavy (non-hydrogen) atoms. The highest BCUT2D eigenvalue weighted by Crippen LogP contribution is 2.50. The first-order chi connectivity index (χ1) is 27.5. The molecule has 0 saturated carbocycles. The maximum atomic E-state index is 14.7. The van der Waals surface area contributed by atoms with Gasteiger partial charge in [-0.1, -0.05) is 54.6 Å². The largest absolute Gasteiger partial charge is 0.521 e. The Morgan fingerprint density at radius 1 is 0.737 bits per heavy atom. The number of halogens is 1. The van der Waals surface area contributed by atoms with Crippen molar-refractivity contribution in [2.75, 3.05) is 47.0 Å². The lowest BCUT2D eigenvalue weighted by Crippen LogP contribution is -2.72. The third kappa shape index (κ3) is 5.81. The molecule has 2 saturated heterocycles. The fraction of sp³-hybridized carbons (Fsp3) is 0.357. The molecule has 298 valence electrons. The van der Waals surface area contributed by atoms with Gasteiger partial charge in [0.2, 0.25) is 25.8 Å². The number of methoxy groups -OCH3 is 2. The average Bonchev–Trinajstić information content (AvgIpc) is 3.62. The molecule has 4 aliphatic rings. The Morgan fingerprint density at radius 2 is 1.33 bits per heavy atom. The van der Waals surface area contributed by atoms with Crippen molar-refractivity contribution in [1.82, 2.24) is 8.61 Å². The molecule has 15 heteroatoms. The Bertz CT molecular complexity index is 2710. The molecule has 1 atom stereocenters. The summed E-state index contributed by atoms with van der Waals surface area (Å²) >= 11 is 0. The topological polar surface area (TPSA) is 133 Å². The lowest BCUT2D eigenvalue weighted by atomic mass is 9.85. The zero-order chi connectivity index (χ0) is 39.7. The molecular formula is C42H43FN3O9S2+. The monoisotopic (exact) mass is 816 g/mol. The first kappa shape index (κ1) is 38.1. The number of benzene rings is 4. The Morgan fingerprint density at radius 3 is 2.00 bits per heavy atom. The van der Waals surface area contributed by atoms with Gasteiger partial charge < -0.3 is 18.6 Å². The lowest BCUT2D eigenvalue weighted by Gasteiger charge is -2.55. The van der Waals surface area contributed by atoms with Crippen LogP contribution in [0.1, 0.15) is 32.1 Å². The van der Waals surface area contributed by atoms with Gasteiger partial charge in [0.15, 0.2) is 5.70 Å². The van der Waals surface area contributed by atoms with Crippen LogP contribution in [0.15, 0.2) is 116 Å². The van der Waals surface area contributed by atoms with E-state index in [4.69, 9.17) is 18.6 Å². The number of hydrogen-bond acceptors (Lipinski definition) is 9. The molecule has 5 aromatic rings. The number of amides is 1. The summed E-state index contributed by atoms with van der Waals surface area (Å²) < 4.78 is 98.5. The van der Waals surface area contributed by atoms with Crippen LogP contribution in [0.3, 0.4) is 0 Å².